The van der Waals surface area contributed by atoms with Crippen molar-refractivity contribution in [2.24, 2.45) is 0 Å². The fourth-order valence-electron chi connectivity index (χ4n) is 2.28. The van der Waals surface area contributed by atoms with Crippen LogP contribution in [0.25, 0.3) is 0 Å². The summed E-state index contributed by atoms with van der Waals surface area (Å²) in [7, 11) is 0. The first-order valence-electron chi connectivity index (χ1n) is 7.59. The third kappa shape index (κ3) is 6.26. The Morgan fingerprint density at radius 1 is 1.30 bits per heavy atom. The first kappa shape index (κ1) is 16.8. The Morgan fingerprint density at radius 3 is 2.60 bits per heavy atom. The lowest BCUT2D eigenvalue weighted by molar-refractivity contribution is -0.122. The van der Waals surface area contributed by atoms with Crippen molar-refractivity contribution in [3.63, 3.8) is 0 Å². The molecule has 1 rings (SSSR count). The Balaban J connectivity index is 2.55. The first-order valence-corrected chi connectivity index (χ1v) is 7.59. The quantitative estimate of drug-likeness (QED) is 0.867. The Hall–Kier alpha value is -1.26. The molecule has 2 amide bonds. The highest BCUT2D eigenvalue weighted by Gasteiger charge is 2.26. The maximum absolute atomic E-state index is 12.1. The van der Waals surface area contributed by atoms with Gasteiger partial charge in [-0.15, -0.1) is 0 Å². The summed E-state index contributed by atoms with van der Waals surface area (Å²) in [6, 6.07) is 0.0454. The van der Waals surface area contributed by atoms with E-state index in [0.29, 0.717) is 19.5 Å². The molecule has 116 valence electrons. The fourth-order valence-corrected chi connectivity index (χ4v) is 2.28. The number of carbonyl (C=O) groups excluding carboxylic acids is 2. The molecular formula is C15H28N2O3. The molecule has 0 aliphatic carbocycles. The summed E-state index contributed by atoms with van der Waals surface area (Å²) < 4.78 is 5.41. The van der Waals surface area contributed by atoms with Gasteiger partial charge < -0.3 is 15.0 Å². The van der Waals surface area contributed by atoms with E-state index in [0.717, 1.165) is 25.7 Å². The summed E-state index contributed by atoms with van der Waals surface area (Å²) in [5.41, 5.74) is -0.482. The number of amides is 2. The molecule has 1 N–H and O–H groups in total. The molecule has 20 heavy (non-hydrogen) atoms. The summed E-state index contributed by atoms with van der Waals surface area (Å²) in [5.74, 6) is 0.0727. The lowest BCUT2D eigenvalue weighted by Crippen LogP contribution is -2.46. The third-order valence-electron chi connectivity index (χ3n) is 3.17. The predicted molar refractivity (Wildman–Crippen MR) is 78.5 cm³/mol. The van der Waals surface area contributed by atoms with Crippen LogP contribution in [0.3, 0.4) is 0 Å². The number of hydrogen-bond acceptors (Lipinski definition) is 3. The molecule has 0 saturated carbocycles. The smallest absolute Gasteiger partial charge is 0.410 e. The van der Waals surface area contributed by atoms with Crippen LogP contribution in [0.4, 0.5) is 4.79 Å². The average molecular weight is 284 g/mol. The average Bonchev–Trinajstić information content (AvgIpc) is 2.52. The second-order valence-electron chi connectivity index (χ2n) is 6.44. The van der Waals surface area contributed by atoms with Gasteiger partial charge in [0.05, 0.1) is 0 Å². The molecule has 1 fully saturated rings. The van der Waals surface area contributed by atoms with Gasteiger partial charge in [0.2, 0.25) is 5.91 Å². The van der Waals surface area contributed by atoms with Gasteiger partial charge in [0.1, 0.15) is 5.60 Å². The van der Waals surface area contributed by atoms with Crippen molar-refractivity contribution in [3.05, 3.63) is 0 Å². The molecule has 0 aromatic carbocycles. The van der Waals surface area contributed by atoms with Crippen molar-refractivity contribution in [2.45, 2.75) is 71.4 Å². The largest absolute Gasteiger partial charge is 0.444 e. The van der Waals surface area contributed by atoms with Crippen molar-refractivity contribution in [1.82, 2.24) is 10.2 Å². The van der Waals surface area contributed by atoms with E-state index >= 15 is 0 Å². The zero-order chi connectivity index (χ0) is 15.2. The molecule has 1 aliphatic heterocycles. The standard InChI is InChI=1S/C15H28N2O3/c1-5-8-13(18)16-12-9-6-7-10-17(11-12)14(19)20-15(2,3)4/h12H,5-11H2,1-4H3,(H,16,18). The van der Waals surface area contributed by atoms with Gasteiger partial charge in [-0.25, -0.2) is 4.79 Å². The van der Waals surface area contributed by atoms with Crippen LogP contribution in [0.5, 0.6) is 0 Å². The number of nitrogens with zero attached hydrogens (tertiary/aromatic N) is 1. The third-order valence-corrected chi connectivity index (χ3v) is 3.17. The second-order valence-corrected chi connectivity index (χ2v) is 6.44. The number of likely N-dealkylation sites (tertiary alicyclic amines) is 1. The summed E-state index contributed by atoms with van der Waals surface area (Å²) >= 11 is 0. The number of rotatable bonds is 3. The van der Waals surface area contributed by atoms with Crippen molar-refractivity contribution in [3.8, 4) is 0 Å². The van der Waals surface area contributed by atoms with E-state index in [4.69, 9.17) is 4.74 Å². The molecule has 0 aromatic heterocycles. The molecule has 5 nitrogen and oxygen atoms in total. The SMILES string of the molecule is CCCC(=O)NC1CCCCN(C(=O)OC(C)(C)C)C1. The minimum absolute atomic E-state index is 0.0454. The first-order chi connectivity index (χ1) is 9.31. The normalized spacial score (nSPS) is 20.2. The van der Waals surface area contributed by atoms with E-state index in [-0.39, 0.29) is 18.0 Å². The van der Waals surface area contributed by atoms with E-state index < -0.39 is 5.60 Å². The lowest BCUT2D eigenvalue weighted by atomic mass is 10.1. The van der Waals surface area contributed by atoms with Gasteiger partial charge >= 0.3 is 6.09 Å². The van der Waals surface area contributed by atoms with Gasteiger partial charge in [0.15, 0.2) is 0 Å². The molecule has 0 radical (unpaired) electrons. The van der Waals surface area contributed by atoms with E-state index in [2.05, 4.69) is 5.32 Å². The van der Waals surface area contributed by atoms with Crippen LogP contribution in [0, 0.1) is 0 Å². The van der Waals surface area contributed by atoms with Gasteiger partial charge in [-0.2, -0.15) is 0 Å². The summed E-state index contributed by atoms with van der Waals surface area (Å²) in [5, 5.41) is 3.02. The van der Waals surface area contributed by atoms with Crippen LogP contribution in [-0.2, 0) is 9.53 Å². The zero-order valence-electron chi connectivity index (χ0n) is 13.2. The second kappa shape index (κ2) is 7.50. The molecule has 1 unspecified atom stereocenters. The lowest BCUT2D eigenvalue weighted by Gasteiger charge is -2.28. The van der Waals surface area contributed by atoms with E-state index in [9.17, 15) is 9.59 Å². The summed E-state index contributed by atoms with van der Waals surface area (Å²) in [6.07, 6.45) is 4.01. The van der Waals surface area contributed by atoms with Gasteiger partial charge in [0, 0.05) is 25.6 Å². The van der Waals surface area contributed by atoms with Crippen molar-refractivity contribution < 1.29 is 14.3 Å². The molecule has 1 aliphatic rings. The maximum atomic E-state index is 12.1. The Morgan fingerprint density at radius 2 is 2.00 bits per heavy atom. The van der Waals surface area contributed by atoms with Crippen molar-refractivity contribution in [2.75, 3.05) is 13.1 Å². The van der Waals surface area contributed by atoms with Gasteiger partial charge in [-0.3, -0.25) is 4.79 Å². The number of ether oxygens (including phenoxy) is 1. The fraction of sp³-hybridized carbons (Fsp3) is 0.867. The van der Waals surface area contributed by atoms with E-state index in [1.54, 1.807) is 4.90 Å². The minimum atomic E-state index is -0.482. The maximum Gasteiger partial charge on any atom is 0.410 e. The monoisotopic (exact) mass is 284 g/mol. The molecule has 1 heterocycles. The highest BCUT2D eigenvalue weighted by molar-refractivity contribution is 5.76. The Kier molecular flexibility index (Phi) is 6.30. The van der Waals surface area contributed by atoms with Crippen molar-refractivity contribution >= 4 is 12.0 Å². The van der Waals surface area contributed by atoms with Crippen molar-refractivity contribution in [1.29, 1.82) is 0 Å². The highest BCUT2D eigenvalue weighted by atomic mass is 16.6. The molecule has 1 atom stereocenters. The highest BCUT2D eigenvalue weighted by Crippen LogP contribution is 2.15. The predicted octanol–water partition coefficient (Wildman–Crippen LogP) is 2.69. The molecule has 0 aromatic rings. The number of carbonyl (C=O) groups is 2. The van der Waals surface area contributed by atoms with Crippen LogP contribution < -0.4 is 5.32 Å². The van der Waals surface area contributed by atoms with Gasteiger partial charge in [-0.1, -0.05) is 6.92 Å². The van der Waals surface area contributed by atoms with Gasteiger partial charge in [0.25, 0.3) is 0 Å². The molecular weight excluding hydrogens is 256 g/mol. The number of hydrogen-bond donors (Lipinski definition) is 1. The molecule has 5 heteroatoms. The summed E-state index contributed by atoms with van der Waals surface area (Å²) in [6.45, 7) is 8.83. The van der Waals surface area contributed by atoms with Crippen LogP contribution in [0.1, 0.15) is 59.8 Å². The number of nitrogens with one attached hydrogen (secondary N) is 1. The van der Waals surface area contributed by atoms with Crippen LogP contribution in [0.15, 0.2) is 0 Å². The topological polar surface area (TPSA) is 58.6 Å². The Bertz CT molecular complexity index is 337. The van der Waals surface area contributed by atoms with E-state index in [1.165, 1.54) is 0 Å². The van der Waals surface area contributed by atoms with E-state index in [1.807, 2.05) is 27.7 Å². The van der Waals surface area contributed by atoms with Crippen LogP contribution >= 0.6 is 0 Å². The van der Waals surface area contributed by atoms with Crippen LogP contribution in [0.2, 0.25) is 0 Å². The molecule has 0 bridgehead atoms. The minimum Gasteiger partial charge on any atom is -0.444 e. The molecule has 1 saturated heterocycles. The van der Waals surface area contributed by atoms with Crippen LogP contribution in [-0.4, -0.2) is 41.6 Å². The molecule has 0 spiro atoms. The zero-order valence-corrected chi connectivity index (χ0v) is 13.2. The van der Waals surface area contributed by atoms with Gasteiger partial charge in [-0.05, 0) is 46.5 Å². The summed E-state index contributed by atoms with van der Waals surface area (Å²) in [4.78, 5) is 25.5. The Labute approximate surface area is 122 Å².